The van der Waals surface area contributed by atoms with E-state index in [1.54, 1.807) is 7.05 Å². The molecule has 3 N–H and O–H groups in total. The first kappa shape index (κ1) is 9.85. The standard InChI is InChI=1S/C9H13N5O/c1-14-9(11-5-12-14)13-8(15)6-2-3-7(10)4-6/h2-3,5-7H,4,10H2,1H3,(H,11,12,13,15). The van der Waals surface area contributed by atoms with Gasteiger partial charge in [-0.2, -0.15) is 10.1 Å². The average molecular weight is 207 g/mol. The molecule has 2 unspecified atom stereocenters. The smallest absolute Gasteiger partial charge is 0.233 e. The summed E-state index contributed by atoms with van der Waals surface area (Å²) in [4.78, 5) is 15.6. The third kappa shape index (κ3) is 2.04. The normalized spacial score (nSPS) is 24.4. The van der Waals surface area contributed by atoms with Gasteiger partial charge in [0.25, 0.3) is 0 Å². The van der Waals surface area contributed by atoms with Gasteiger partial charge in [-0.05, 0) is 6.42 Å². The van der Waals surface area contributed by atoms with Gasteiger partial charge in [-0.15, -0.1) is 0 Å². The predicted molar refractivity (Wildman–Crippen MR) is 54.9 cm³/mol. The second-order valence-electron chi connectivity index (χ2n) is 3.59. The zero-order valence-electron chi connectivity index (χ0n) is 8.42. The van der Waals surface area contributed by atoms with Crippen LogP contribution in [0.15, 0.2) is 18.5 Å². The molecule has 0 bridgehead atoms. The number of aromatic nitrogens is 3. The fourth-order valence-corrected chi connectivity index (χ4v) is 1.53. The number of anilines is 1. The molecule has 15 heavy (non-hydrogen) atoms. The lowest BCUT2D eigenvalue weighted by molar-refractivity contribution is -0.118. The summed E-state index contributed by atoms with van der Waals surface area (Å²) in [6.07, 6.45) is 5.73. The SMILES string of the molecule is Cn1ncnc1NC(=O)C1C=CC(N)C1. The van der Waals surface area contributed by atoms with Crippen LogP contribution in [0.1, 0.15) is 6.42 Å². The molecule has 1 aromatic rings. The lowest BCUT2D eigenvalue weighted by atomic mass is 10.1. The summed E-state index contributed by atoms with van der Waals surface area (Å²) < 4.78 is 1.51. The average Bonchev–Trinajstić information content (AvgIpc) is 2.77. The van der Waals surface area contributed by atoms with Gasteiger partial charge in [0.1, 0.15) is 6.33 Å². The fraction of sp³-hybridized carbons (Fsp3) is 0.444. The molecule has 1 aromatic heterocycles. The van der Waals surface area contributed by atoms with Crippen molar-refractivity contribution in [3.05, 3.63) is 18.5 Å². The Bertz CT molecular complexity index is 397. The minimum absolute atomic E-state index is 0.0137. The fourth-order valence-electron chi connectivity index (χ4n) is 1.53. The molecule has 6 nitrogen and oxygen atoms in total. The van der Waals surface area contributed by atoms with Crippen molar-refractivity contribution in [1.82, 2.24) is 14.8 Å². The Morgan fingerprint density at radius 2 is 2.47 bits per heavy atom. The molecule has 1 aliphatic carbocycles. The minimum Gasteiger partial charge on any atom is -0.324 e. The predicted octanol–water partition coefficient (Wildman–Crippen LogP) is -0.343. The Balaban J connectivity index is 1.99. The summed E-state index contributed by atoms with van der Waals surface area (Å²) in [6.45, 7) is 0. The molecule has 0 fully saturated rings. The van der Waals surface area contributed by atoms with Crippen LogP contribution < -0.4 is 11.1 Å². The van der Waals surface area contributed by atoms with Crippen LogP contribution in [0.2, 0.25) is 0 Å². The molecule has 6 heteroatoms. The van der Waals surface area contributed by atoms with Gasteiger partial charge in [0.2, 0.25) is 11.9 Å². The zero-order chi connectivity index (χ0) is 10.8. The van der Waals surface area contributed by atoms with E-state index in [9.17, 15) is 4.79 Å². The van der Waals surface area contributed by atoms with E-state index < -0.39 is 0 Å². The first-order valence-corrected chi connectivity index (χ1v) is 4.75. The monoisotopic (exact) mass is 207 g/mol. The molecule has 0 radical (unpaired) electrons. The molecule has 1 amide bonds. The van der Waals surface area contributed by atoms with Crippen molar-refractivity contribution in [1.29, 1.82) is 0 Å². The van der Waals surface area contributed by atoms with Crippen LogP contribution in [0.3, 0.4) is 0 Å². The Morgan fingerprint density at radius 3 is 3.00 bits per heavy atom. The quantitative estimate of drug-likeness (QED) is 0.649. The Labute approximate surface area is 87.2 Å². The van der Waals surface area contributed by atoms with E-state index in [1.807, 2.05) is 12.2 Å². The second-order valence-corrected chi connectivity index (χ2v) is 3.59. The molecule has 0 saturated heterocycles. The Hall–Kier alpha value is -1.69. The third-order valence-corrected chi connectivity index (χ3v) is 2.40. The second kappa shape index (κ2) is 3.82. The van der Waals surface area contributed by atoms with Crippen molar-refractivity contribution in [2.45, 2.75) is 12.5 Å². The van der Waals surface area contributed by atoms with Crippen LogP contribution in [0.5, 0.6) is 0 Å². The van der Waals surface area contributed by atoms with Crippen LogP contribution in [-0.4, -0.2) is 26.7 Å². The highest BCUT2D eigenvalue weighted by Gasteiger charge is 2.23. The van der Waals surface area contributed by atoms with Gasteiger partial charge in [-0.3, -0.25) is 10.1 Å². The van der Waals surface area contributed by atoms with Crippen molar-refractivity contribution in [2.75, 3.05) is 5.32 Å². The lowest BCUT2D eigenvalue weighted by Crippen LogP contribution is -2.25. The number of carbonyl (C=O) groups is 1. The number of aryl methyl sites for hydroxylation is 1. The van der Waals surface area contributed by atoms with Crippen molar-refractivity contribution < 1.29 is 4.79 Å². The molecule has 80 valence electrons. The highest BCUT2D eigenvalue weighted by Crippen LogP contribution is 2.17. The van der Waals surface area contributed by atoms with Crippen molar-refractivity contribution in [3.63, 3.8) is 0 Å². The maximum Gasteiger partial charge on any atom is 0.233 e. The minimum atomic E-state index is -0.156. The first-order valence-electron chi connectivity index (χ1n) is 4.75. The van der Waals surface area contributed by atoms with Crippen LogP contribution in [0, 0.1) is 5.92 Å². The first-order chi connectivity index (χ1) is 7.16. The largest absolute Gasteiger partial charge is 0.324 e. The molecule has 2 atom stereocenters. The van der Waals surface area contributed by atoms with Crippen LogP contribution >= 0.6 is 0 Å². The van der Waals surface area contributed by atoms with Crippen molar-refractivity contribution >= 4 is 11.9 Å². The number of amides is 1. The number of rotatable bonds is 2. The number of carbonyl (C=O) groups excluding carboxylic acids is 1. The van der Waals surface area contributed by atoms with Gasteiger partial charge in [0.05, 0.1) is 5.92 Å². The van der Waals surface area contributed by atoms with E-state index in [2.05, 4.69) is 15.4 Å². The lowest BCUT2D eigenvalue weighted by Gasteiger charge is -2.09. The van der Waals surface area contributed by atoms with Gasteiger partial charge >= 0.3 is 0 Å². The molecule has 1 heterocycles. The van der Waals surface area contributed by atoms with Gasteiger partial charge < -0.3 is 5.73 Å². The van der Waals surface area contributed by atoms with E-state index in [4.69, 9.17) is 5.73 Å². The van der Waals surface area contributed by atoms with Gasteiger partial charge in [-0.25, -0.2) is 4.68 Å². The van der Waals surface area contributed by atoms with E-state index in [0.29, 0.717) is 12.4 Å². The van der Waals surface area contributed by atoms with Crippen LogP contribution in [0.25, 0.3) is 0 Å². The molecule has 2 rings (SSSR count). The molecule has 0 saturated carbocycles. The number of hydrogen-bond acceptors (Lipinski definition) is 4. The number of hydrogen-bond donors (Lipinski definition) is 2. The van der Waals surface area contributed by atoms with E-state index in [0.717, 1.165) is 0 Å². The van der Waals surface area contributed by atoms with Gasteiger partial charge in [0, 0.05) is 13.1 Å². The molecular weight excluding hydrogens is 194 g/mol. The van der Waals surface area contributed by atoms with E-state index in [1.165, 1.54) is 11.0 Å². The number of nitrogens with zero attached hydrogens (tertiary/aromatic N) is 3. The number of nitrogens with one attached hydrogen (secondary N) is 1. The highest BCUT2D eigenvalue weighted by molar-refractivity contribution is 5.92. The van der Waals surface area contributed by atoms with Crippen molar-refractivity contribution in [3.8, 4) is 0 Å². The summed E-state index contributed by atoms with van der Waals surface area (Å²) in [6, 6.07) is -0.0137. The molecular formula is C9H13N5O. The van der Waals surface area contributed by atoms with Gasteiger partial charge in [0.15, 0.2) is 0 Å². The van der Waals surface area contributed by atoms with Crippen LogP contribution in [0.4, 0.5) is 5.95 Å². The number of nitrogens with two attached hydrogens (primary N) is 1. The maximum atomic E-state index is 11.7. The Kier molecular flexibility index (Phi) is 2.51. The zero-order valence-corrected chi connectivity index (χ0v) is 8.42. The van der Waals surface area contributed by atoms with Gasteiger partial charge in [-0.1, -0.05) is 12.2 Å². The molecule has 1 aliphatic rings. The molecule has 0 aliphatic heterocycles. The van der Waals surface area contributed by atoms with E-state index in [-0.39, 0.29) is 17.9 Å². The highest BCUT2D eigenvalue weighted by atomic mass is 16.2. The summed E-state index contributed by atoms with van der Waals surface area (Å²) in [5, 5.41) is 6.56. The molecule has 0 aromatic carbocycles. The Morgan fingerprint density at radius 1 is 1.67 bits per heavy atom. The van der Waals surface area contributed by atoms with E-state index >= 15 is 0 Å². The topological polar surface area (TPSA) is 85.8 Å². The van der Waals surface area contributed by atoms with Crippen LogP contribution in [-0.2, 0) is 11.8 Å². The third-order valence-electron chi connectivity index (χ3n) is 2.40. The van der Waals surface area contributed by atoms with Crippen molar-refractivity contribution in [2.24, 2.45) is 18.7 Å². The molecule has 0 spiro atoms. The summed E-state index contributed by atoms with van der Waals surface area (Å²) in [5.74, 6) is 0.209. The summed E-state index contributed by atoms with van der Waals surface area (Å²) >= 11 is 0. The summed E-state index contributed by atoms with van der Waals surface area (Å²) in [7, 11) is 1.72. The maximum absolute atomic E-state index is 11.7. The summed E-state index contributed by atoms with van der Waals surface area (Å²) in [5.41, 5.74) is 5.67.